The van der Waals surface area contributed by atoms with Crippen molar-refractivity contribution in [1.82, 2.24) is 5.43 Å². The van der Waals surface area contributed by atoms with E-state index in [9.17, 15) is 4.79 Å². The summed E-state index contributed by atoms with van der Waals surface area (Å²) in [5, 5.41) is 4.74. The summed E-state index contributed by atoms with van der Waals surface area (Å²) in [4.78, 5) is 10.5. The number of halogens is 1. The van der Waals surface area contributed by atoms with E-state index in [1.54, 1.807) is 0 Å². The van der Waals surface area contributed by atoms with Crippen molar-refractivity contribution in [1.29, 1.82) is 0 Å². The minimum atomic E-state index is -0.233. The van der Waals surface area contributed by atoms with Gasteiger partial charge in [-0.3, -0.25) is 5.43 Å². The molecule has 0 radical (unpaired) electrons. The minimum Gasteiger partial charge on any atom is -0.300 e. The molecule has 1 aliphatic rings. The van der Waals surface area contributed by atoms with E-state index in [1.807, 2.05) is 24.3 Å². The van der Waals surface area contributed by atoms with Crippen molar-refractivity contribution < 1.29 is 4.79 Å². The lowest BCUT2D eigenvalue weighted by Gasteiger charge is -1.99. The lowest BCUT2D eigenvalue weighted by atomic mass is 10.2. The van der Waals surface area contributed by atoms with Gasteiger partial charge in [-0.2, -0.15) is 5.10 Å². The maximum atomic E-state index is 10.5. The number of benzene rings is 1. The maximum absolute atomic E-state index is 10.5. The van der Waals surface area contributed by atoms with Gasteiger partial charge in [-0.05, 0) is 34.7 Å². The topological polar surface area (TPSA) is 41.5 Å². The quantitative estimate of drug-likeness (QED) is 0.668. The number of hydrogen-bond donors (Lipinski definition) is 1. The van der Waals surface area contributed by atoms with Crippen LogP contribution in [0.1, 0.15) is 5.56 Å². The molecule has 1 N–H and O–H groups in total. The first-order valence-electron chi connectivity index (χ1n) is 4.01. The van der Waals surface area contributed by atoms with Crippen molar-refractivity contribution in [2.75, 3.05) is 0 Å². The number of thioether (sulfide) groups is 1. The van der Waals surface area contributed by atoms with Crippen LogP contribution >= 0.6 is 34.4 Å². The van der Waals surface area contributed by atoms with Crippen LogP contribution in [0, 0.1) is 3.57 Å². The van der Waals surface area contributed by atoms with Crippen LogP contribution in [-0.2, 0) is 4.79 Å². The highest BCUT2D eigenvalue weighted by molar-refractivity contribution is 14.1. The van der Waals surface area contributed by atoms with Crippen molar-refractivity contribution in [3.63, 3.8) is 0 Å². The number of nitrogens with zero attached hydrogens (tertiary/aromatic N) is 1. The van der Waals surface area contributed by atoms with E-state index in [0.29, 0.717) is 0 Å². The third-order valence-corrected chi connectivity index (χ3v) is 3.42. The molecular weight excluding hydrogens is 311 g/mol. The molecule has 1 atom stereocenters. The van der Waals surface area contributed by atoms with E-state index in [0.717, 1.165) is 20.5 Å². The zero-order valence-electron chi connectivity index (χ0n) is 7.11. The van der Waals surface area contributed by atoms with Gasteiger partial charge in [-0.15, -0.1) is 0 Å². The molecule has 14 heavy (non-hydrogen) atoms. The molecule has 5 heteroatoms. The molecule has 72 valence electrons. The molecule has 0 saturated carbocycles. The fraction of sp³-hybridized carbons (Fsp3) is 0.111. The second kappa shape index (κ2) is 4.31. The number of hydrogen-bond acceptors (Lipinski definition) is 4. The van der Waals surface area contributed by atoms with Crippen molar-refractivity contribution in [3.8, 4) is 0 Å². The van der Waals surface area contributed by atoms with Gasteiger partial charge in [-0.1, -0.05) is 23.9 Å². The van der Waals surface area contributed by atoms with Crippen LogP contribution in [-0.4, -0.2) is 16.7 Å². The predicted molar refractivity (Wildman–Crippen MR) is 66.3 cm³/mol. The largest absolute Gasteiger partial charge is 0.300 e. The molecule has 1 aromatic rings. The summed E-state index contributed by atoms with van der Waals surface area (Å²) in [5.74, 6) is 0. The molecule has 1 unspecified atom stereocenters. The highest BCUT2D eigenvalue weighted by atomic mass is 127. The third kappa shape index (κ3) is 2.09. The fourth-order valence-electron chi connectivity index (χ4n) is 1.11. The molecule has 0 amide bonds. The Balaban J connectivity index is 2.21. The average Bonchev–Trinajstić information content (AvgIpc) is 2.66. The first-order valence-corrected chi connectivity index (χ1v) is 5.96. The highest BCUT2D eigenvalue weighted by Gasteiger charge is 2.19. The van der Waals surface area contributed by atoms with Crippen LogP contribution in [0.25, 0.3) is 0 Å². The summed E-state index contributed by atoms with van der Waals surface area (Å²) in [6.45, 7) is 0. The zero-order chi connectivity index (χ0) is 9.97. The van der Waals surface area contributed by atoms with Gasteiger partial charge in [0.1, 0.15) is 5.04 Å². The van der Waals surface area contributed by atoms with Crippen LogP contribution in [0.5, 0.6) is 0 Å². The summed E-state index contributed by atoms with van der Waals surface area (Å²) >= 11 is 3.69. The second-order valence-electron chi connectivity index (χ2n) is 2.73. The van der Waals surface area contributed by atoms with E-state index < -0.39 is 0 Å². The van der Waals surface area contributed by atoms with Crippen molar-refractivity contribution >= 4 is 45.7 Å². The van der Waals surface area contributed by atoms with Gasteiger partial charge in [0, 0.05) is 9.13 Å². The van der Waals surface area contributed by atoms with Crippen LogP contribution in [0.2, 0.25) is 0 Å². The van der Waals surface area contributed by atoms with Crippen molar-refractivity contribution in [3.05, 3.63) is 33.4 Å². The first kappa shape index (κ1) is 9.97. The summed E-state index contributed by atoms with van der Waals surface area (Å²) < 4.78 is 1.16. The molecule has 0 saturated heterocycles. The normalized spacial score (nSPS) is 20.1. The van der Waals surface area contributed by atoms with Crippen molar-refractivity contribution in [2.24, 2.45) is 5.10 Å². The van der Waals surface area contributed by atoms with Gasteiger partial charge >= 0.3 is 0 Å². The summed E-state index contributed by atoms with van der Waals surface area (Å²) in [6.07, 6.45) is 0.856. The van der Waals surface area contributed by atoms with Gasteiger partial charge in [-0.25, -0.2) is 0 Å². The number of nitrogens with one attached hydrogen (secondary N) is 1. The number of aldehydes is 1. The molecule has 3 nitrogen and oxygen atoms in total. The first-order chi connectivity index (χ1) is 6.79. The number of rotatable bonds is 2. The van der Waals surface area contributed by atoms with E-state index in [1.165, 1.54) is 11.8 Å². The van der Waals surface area contributed by atoms with Crippen LogP contribution in [0.15, 0.2) is 29.4 Å². The van der Waals surface area contributed by atoms with Crippen LogP contribution in [0.3, 0.4) is 0 Å². The summed E-state index contributed by atoms with van der Waals surface area (Å²) in [6, 6.07) is 8.04. The van der Waals surface area contributed by atoms with Gasteiger partial charge in [0.2, 0.25) is 0 Å². The Hall–Kier alpha value is -0.560. The Bertz CT molecular complexity index is 394. The van der Waals surface area contributed by atoms with E-state index >= 15 is 0 Å². The Labute approximate surface area is 99.5 Å². The Kier molecular flexibility index (Phi) is 3.07. The number of carbonyl (C=O) groups is 1. The minimum absolute atomic E-state index is 0.233. The third-order valence-electron chi connectivity index (χ3n) is 1.73. The lowest BCUT2D eigenvalue weighted by Crippen LogP contribution is -2.16. The molecule has 0 aromatic heterocycles. The van der Waals surface area contributed by atoms with Gasteiger partial charge in [0.25, 0.3) is 0 Å². The van der Waals surface area contributed by atoms with Crippen LogP contribution in [0.4, 0.5) is 0 Å². The van der Waals surface area contributed by atoms with E-state index in [4.69, 9.17) is 0 Å². The van der Waals surface area contributed by atoms with E-state index in [-0.39, 0.29) is 5.37 Å². The second-order valence-corrected chi connectivity index (χ2v) is 5.11. The van der Waals surface area contributed by atoms with Gasteiger partial charge in [0.05, 0.1) is 0 Å². The van der Waals surface area contributed by atoms with E-state index in [2.05, 4.69) is 33.1 Å². The lowest BCUT2D eigenvalue weighted by molar-refractivity contribution is -0.107. The Morgan fingerprint density at radius 3 is 3.07 bits per heavy atom. The maximum Gasteiger partial charge on any atom is 0.154 e. The predicted octanol–water partition coefficient (Wildman–Crippen LogP) is 1.81. The molecule has 1 heterocycles. The monoisotopic (exact) mass is 318 g/mol. The summed E-state index contributed by atoms with van der Waals surface area (Å²) in [5.41, 5.74) is 3.81. The molecule has 0 bridgehead atoms. The van der Waals surface area contributed by atoms with Crippen LogP contribution < -0.4 is 5.43 Å². The Morgan fingerprint density at radius 2 is 2.43 bits per heavy atom. The molecular formula is C9H7IN2OS. The molecule has 0 fully saturated rings. The average molecular weight is 318 g/mol. The SMILES string of the molecule is O=CC1NN=C(c2cccc(I)c2)S1. The molecule has 1 aromatic carbocycles. The smallest absolute Gasteiger partial charge is 0.154 e. The van der Waals surface area contributed by atoms with Gasteiger partial charge < -0.3 is 4.79 Å². The van der Waals surface area contributed by atoms with Gasteiger partial charge in [0.15, 0.2) is 11.7 Å². The molecule has 1 aliphatic heterocycles. The zero-order valence-corrected chi connectivity index (χ0v) is 10.1. The number of hydrazone groups is 1. The highest BCUT2D eigenvalue weighted by Crippen LogP contribution is 2.22. The molecule has 0 spiro atoms. The standard InChI is InChI=1S/C9H7IN2OS/c10-7-3-1-2-6(4-7)9-12-11-8(5-13)14-9/h1-5,8,11H. The summed E-state index contributed by atoms with van der Waals surface area (Å²) in [7, 11) is 0. The van der Waals surface area contributed by atoms with Crippen molar-refractivity contribution in [2.45, 2.75) is 5.37 Å². The fourth-order valence-corrected chi connectivity index (χ4v) is 2.42. The molecule has 0 aliphatic carbocycles. The molecule has 2 rings (SSSR count). The number of carbonyl (C=O) groups excluding carboxylic acids is 1. The Morgan fingerprint density at radius 1 is 1.57 bits per heavy atom.